The molecule has 1 heterocycles. The molecule has 1 aliphatic carbocycles. The minimum Gasteiger partial charge on any atom is -0.317 e. The molecule has 0 radical (unpaired) electrons. The highest BCUT2D eigenvalue weighted by Gasteiger charge is 2.30. The van der Waals surface area contributed by atoms with Crippen molar-refractivity contribution in [2.75, 3.05) is 26.7 Å². The fourth-order valence-corrected chi connectivity index (χ4v) is 4.21. The monoisotopic (exact) mass is 280 g/mol. The van der Waals surface area contributed by atoms with Gasteiger partial charge >= 0.3 is 0 Å². The van der Waals surface area contributed by atoms with E-state index in [2.05, 4.69) is 38.0 Å². The molecule has 1 unspecified atom stereocenters. The van der Waals surface area contributed by atoms with Crippen LogP contribution in [0.15, 0.2) is 0 Å². The molecule has 0 aromatic rings. The van der Waals surface area contributed by atoms with Gasteiger partial charge in [-0.15, -0.1) is 0 Å². The maximum Gasteiger partial charge on any atom is 0.0105 e. The highest BCUT2D eigenvalue weighted by Crippen LogP contribution is 2.40. The number of hydrogen-bond donors (Lipinski definition) is 1. The number of nitrogens with one attached hydrogen (secondary N) is 1. The normalized spacial score (nSPS) is 33.1. The van der Waals surface area contributed by atoms with Gasteiger partial charge in [0.05, 0.1) is 0 Å². The first-order valence-electron chi connectivity index (χ1n) is 8.88. The Morgan fingerprint density at radius 2 is 1.65 bits per heavy atom. The first-order chi connectivity index (χ1) is 9.47. The van der Waals surface area contributed by atoms with Crippen LogP contribution < -0.4 is 5.32 Å². The second kappa shape index (κ2) is 7.26. The molecule has 0 spiro atoms. The third kappa shape index (κ3) is 4.73. The molecule has 0 bridgehead atoms. The van der Waals surface area contributed by atoms with Crippen molar-refractivity contribution >= 4 is 0 Å². The third-order valence-electron chi connectivity index (χ3n) is 5.79. The summed E-state index contributed by atoms with van der Waals surface area (Å²) in [4.78, 5) is 2.68. The molecule has 1 atom stereocenters. The lowest BCUT2D eigenvalue weighted by Crippen LogP contribution is -2.38. The molecule has 2 heteroatoms. The van der Waals surface area contributed by atoms with Crippen LogP contribution in [0.1, 0.15) is 65.7 Å². The van der Waals surface area contributed by atoms with Gasteiger partial charge in [-0.1, -0.05) is 20.8 Å². The average molecular weight is 280 g/mol. The molecular weight excluding hydrogens is 244 g/mol. The smallest absolute Gasteiger partial charge is 0.0105 e. The summed E-state index contributed by atoms with van der Waals surface area (Å²) in [6, 6.07) is 0.824. The third-order valence-corrected chi connectivity index (χ3v) is 5.79. The quantitative estimate of drug-likeness (QED) is 0.843. The Morgan fingerprint density at radius 3 is 2.30 bits per heavy atom. The standard InChI is InChI=1S/C18H36N2/c1-18(2,3)16-9-7-15(8-10-16)14-20(4)17-6-5-12-19-13-11-17/h15-17,19H,5-14H2,1-4H3. The summed E-state index contributed by atoms with van der Waals surface area (Å²) in [5.41, 5.74) is 0.518. The zero-order valence-electron chi connectivity index (χ0n) is 14.3. The second-order valence-corrected chi connectivity index (χ2v) is 8.36. The molecule has 0 amide bonds. The van der Waals surface area contributed by atoms with Gasteiger partial charge in [0.1, 0.15) is 0 Å². The van der Waals surface area contributed by atoms with E-state index in [9.17, 15) is 0 Å². The minimum atomic E-state index is 0.518. The maximum absolute atomic E-state index is 3.53. The molecule has 2 aliphatic rings. The molecule has 0 aromatic carbocycles. The molecule has 2 fully saturated rings. The number of nitrogens with zero attached hydrogens (tertiary/aromatic N) is 1. The summed E-state index contributed by atoms with van der Waals surface area (Å²) in [6.07, 6.45) is 9.90. The SMILES string of the molecule is CN(CC1CCC(C(C)(C)C)CC1)C1CCCNCC1. The number of rotatable bonds is 3. The van der Waals surface area contributed by atoms with Gasteiger partial charge in [-0.05, 0) is 82.3 Å². The Balaban J connectivity index is 1.74. The topological polar surface area (TPSA) is 15.3 Å². The summed E-state index contributed by atoms with van der Waals surface area (Å²) in [5.74, 6) is 1.90. The summed E-state index contributed by atoms with van der Waals surface area (Å²) in [7, 11) is 2.37. The lowest BCUT2D eigenvalue weighted by atomic mass is 9.70. The maximum atomic E-state index is 3.53. The fraction of sp³-hybridized carbons (Fsp3) is 1.00. The number of hydrogen-bond acceptors (Lipinski definition) is 2. The van der Waals surface area contributed by atoms with E-state index in [-0.39, 0.29) is 0 Å². The molecule has 0 aromatic heterocycles. The van der Waals surface area contributed by atoms with Gasteiger partial charge in [-0.3, -0.25) is 0 Å². The van der Waals surface area contributed by atoms with Crippen molar-refractivity contribution in [3.8, 4) is 0 Å². The van der Waals surface area contributed by atoms with E-state index >= 15 is 0 Å². The Labute approximate surface area is 126 Å². The zero-order chi connectivity index (χ0) is 14.6. The molecule has 1 aliphatic heterocycles. The summed E-state index contributed by atoms with van der Waals surface area (Å²) >= 11 is 0. The van der Waals surface area contributed by atoms with E-state index in [1.165, 1.54) is 64.6 Å². The van der Waals surface area contributed by atoms with Gasteiger partial charge in [-0.2, -0.15) is 0 Å². The lowest BCUT2D eigenvalue weighted by molar-refractivity contribution is 0.115. The van der Waals surface area contributed by atoms with E-state index in [1.807, 2.05) is 0 Å². The van der Waals surface area contributed by atoms with E-state index in [1.54, 1.807) is 0 Å². The summed E-state index contributed by atoms with van der Waals surface area (Å²) < 4.78 is 0. The van der Waals surface area contributed by atoms with Crippen molar-refractivity contribution in [3.63, 3.8) is 0 Å². The van der Waals surface area contributed by atoms with E-state index < -0.39 is 0 Å². The second-order valence-electron chi connectivity index (χ2n) is 8.36. The minimum absolute atomic E-state index is 0.518. The van der Waals surface area contributed by atoms with Crippen LogP contribution in [-0.2, 0) is 0 Å². The highest BCUT2D eigenvalue weighted by atomic mass is 15.1. The van der Waals surface area contributed by atoms with Crippen LogP contribution in [0.5, 0.6) is 0 Å². The van der Waals surface area contributed by atoms with Gasteiger partial charge in [-0.25, -0.2) is 0 Å². The average Bonchev–Trinajstić information content (AvgIpc) is 2.67. The van der Waals surface area contributed by atoms with Gasteiger partial charge in [0, 0.05) is 12.6 Å². The van der Waals surface area contributed by atoms with Crippen LogP contribution in [-0.4, -0.2) is 37.6 Å². The summed E-state index contributed by atoms with van der Waals surface area (Å²) in [5, 5.41) is 3.53. The molecule has 1 saturated carbocycles. The van der Waals surface area contributed by atoms with Crippen LogP contribution in [0.4, 0.5) is 0 Å². The molecule has 1 N–H and O–H groups in total. The van der Waals surface area contributed by atoms with Crippen molar-refractivity contribution < 1.29 is 0 Å². The first-order valence-corrected chi connectivity index (χ1v) is 8.88. The van der Waals surface area contributed by atoms with Crippen molar-refractivity contribution in [1.29, 1.82) is 0 Å². The molecule has 20 heavy (non-hydrogen) atoms. The van der Waals surface area contributed by atoms with Crippen LogP contribution in [0.25, 0.3) is 0 Å². The Kier molecular flexibility index (Phi) is 5.92. The van der Waals surface area contributed by atoms with Gasteiger partial charge in [0.2, 0.25) is 0 Å². The van der Waals surface area contributed by atoms with Crippen molar-refractivity contribution in [3.05, 3.63) is 0 Å². The first kappa shape index (κ1) is 16.3. The van der Waals surface area contributed by atoms with E-state index in [4.69, 9.17) is 0 Å². The molecule has 2 nitrogen and oxygen atoms in total. The fourth-order valence-electron chi connectivity index (χ4n) is 4.21. The van der Waals surface area contributed by atoms with Gasteiger partial charge in [0.15, 0.2) is 0 Å². The van der Waals surface area contributed by atoms with Crippen LogP contribution >= 0.6 is 0 Å². The van der Waals surface area contributed by atoms with Crippen molar-refractivity contribution in [1.82, 2.24) is 10.2 Å². The predicted molar refractivity (Wildman–Crippen MR) is 88.0 cm³/mol. The van der Waals surface area contributed by atoms with Crippen LogP contribution in [0.3, 0.4) is 0 Å². The van der Waals surface area contributed by atoms with E-state index in [0.717, 1.165) is 17.9 Å². The van der Waals surface area contributed by atoms with Gasteiger partial charge < -0.3 is 10.2 Å². The zero-order valence-corrected chi connectivity index (χ0v) is 14.3. The molecular formula is C18H36N2. The molecule has 2 rings (SSSR count). The van der Waals surface area contributed by atoms with Crippen LogP contribution in [0.2, 0.25) is 0 Å². The van der Waals surface area contributed by atoms with Gasteiger partial charge in [0.25, 0.3) is 0 Å². The summed E-state index contributed by atoms with van der Waals surface area (Å²) in [6.45, 7) is 11.0. The van der Waals surface area contributed by atoms with Crippen molar-refractivity contribution in [2.24, 2.45) is 17.3 Å². The van der Waals surface area contributed by atoms with Crippen molar-refractivity contribution in [2.45, 2.75) is 71.8 Å². The predicted octanol–water partition coefficient (Wildman–Crippen LogP) is 3.91. The Morgan fingerprint density at radius 1 is 0.950 bits per heavy atom. The molecule has 118 valence electrons. The largest absolute Gasteiger partial charge is 0.317 e. The molecule has 1 saturated heterocycles. The highest BCUT2D eigenvalue weighted by molar-refractivity contribution is 4.83. The van der Waals surface area contributed by atoms with Crippen LogP contribution in [0, 0.1) is 17.3 Å². The van der Waals surface area contributed by atoms with E-state index in [0.29, 0.717) is 5.41 Å². The Bertz CT molecular complexity index is 266. The lowest BCUT2D eigenvalue weighted by Gasteiger charge is -2.39. The Hall–Kier alpha value is -0.0800.